The lowest BCUT2D eigenvalue weighted by molar-refractivity contribution is 0.588. The van der Waals surface area contributed by atoms with Gasteiger partial charge >= 0.3 is 7.55 Å². The molecule has 1 saturated heterocycles. The fraction of sp³-hybridized carbons (Fsp3) is 0.583. The van der Waals surface area contributed by atoms with Crippen molar-refractivity contribution in [3.8, 4) is 0 Å². The molecule has 1 aromatic heterocycles. The van der Waals surface area contributed by atoms with Crippen LogP contribution in [0.4, 0.5) is 5.82 Å². The molecule has 0 unspecified atom stereocenters. The third kappa shape index (κ3) is 2.38. The standard InChI is InChI=1S/C12H19BN3/c1-12(2,3)10-5-6-14-11(9-10)16-8-7-15(4)13-16/h5-6,9H,7-8H2,1-4H3. The fourth-order valence-corrected chi connectivity index (χ4v) is 1.83. The molecule has 0 atom stereocenters. The average Bonchev–Trinajstić information content (AvgIpc) is 2.64. The summed E-state index contributed by atoms with van der Waals surface area (Å²) in [6.07, 6.45) is 1.90. The second-order valence-electron chi connectivity index (χ2n) is 5.44. The maximum absolute atomic E-state index is 4.44. The third-order valence-corrected chi connectivity index (χ3v) is 2.94. The number of hydrogen-bond acceptors (Lipinski definition) is 3. The van der Waals surface area contributed by atoms with Gasteiger partial charge < -0.3 is 9.62 Å². The zero-order valence-electron chi connectivity index (χ0n) is 10.6. The molecule has 85 valence electrons. The highest BCUT2D eigenvalue weighted by Crippen LogP contribution is 2.25. The van der Waals surface area contributed by atoms with E-state index in [-0.39, 0.29) is 5.41 Å². The van der Waals surface area contributed by atoms with Gasteiger partial charge in [-0.25, -0.2) is 4.98 Å². The molecule has 1 aromatic rings. The summed E-state index contributed by atoms with van der Waals surface area (Å²) in [5.41, 5.74) is 1.52. The molecule has 16 heavy (non-hydrogen) atoms. The number of nitrogens with zero attached hydrogens (tertiary/aromatic N) is 3. The van der Waals surface area contributed by atoms with Gasteiger partial charge in [0.15, 0.2) is 0 Å². The Morgan fingerprint density at radius 3 is 2.62 bits per heavy atom. The molecule has 3 nitrogen and oxygen atoms in total. The SMILES string of the molecule is CN1[B]N(c2cc(C(C)(C)C)ccn2)CC1. The maximum Gasteiger partial charge on any atom is 0.353 e. The largest absolute Gasteiger partial charge is 0.388 e. The van der Waals surface area contributed by atoms with E-state index in [2.05, 4.69) is 62.1 Å². The smallest absolute Gasteiger partial charge is 0.353 e. The van der Waals surface area contributed by atoms with Gasteiger partial charge in [-0.1, -0.05) is 20.8 Å². The summed E-state index contributed by atoms with van der Waals surface area (Å²) in [7, 11) is 4.21. The van der Waals surface area contributed by atoms with Gasteiger partial charge in [-0.2, -0.15) is 0 Å². The van der Waals surface area contributed by atoms with Gasteiger partial charge in [-0.3, -0.25) is 0 Å². The number of hydrogen-bond donors (Lipinski definition) is 0. The lowest BCUT2D eigenvalue weighted by Gasteiger charge is -2.22. The molecule has 1 radical (unpaired) electrons. The van der Waals surface area contributed by atoms with E-state index >= 15 is 0 Å². The number of likely N-dealkylation sites (N-methyl/N-ethyl adjacent to an activating group) is 1. The molecule has 2 rings (SSSR count). The van der Waals surface area contributed by atoms with Crippen LogP contribution in [0.15, 0.2) is 18.3 Å². The van der Waals surface area contributed by atoms with Gasteiger partial charge in [0.2, 0.25) is 0 Å². The van der Waals surface area contributed by atoms with Crippen LogP contribution < -0.4 is 4.81 Å². The Balaban J connectivity index is 2.23. The second kappa shape index (κ2) is 4.09. The van der Waals surface area contributed by atoms with E-state index in [9.17, 15) is 0 Å². The lowest BCUT2D eigenvalue weighted by atomic mass is 9.87. The molecule has 2 heterocycles. The lowest BCUT2D eigenvalue weighted by Crippen LogP contribution is -2.28. The van der Waals surface area contributed by atoms with Crippen molar-refractivity contribution in [2.45, 2.75) is 26.2 Å². The van der Waals surface area contributed by atoms with Gasteiger partial charge in [0.05, 0.1) is 0 Å². The normalized spacial score (nSPS) is 17.6. The van der Waals surface area contributed by atoms with Crippen LogP contribution in [0.25, 0.3) is 0 Å². The average molecular weight is 216 g/mol. The Morgan fingerprint density at radius 1 is 1.31 bits per heavy atom. The molecule has 4 heteroatoms. The van der Waals surface area contributed by atoms with Crippen LogP contribution in [-0.2, 0) is 5.41 Å². The first-order valence-corrected chi connectivity index (χ1v) is 5.75. The second-order valence-corrected chi connectivity index (χ2v) is 5.44. The first-order chi connectivity index (χ1) is 7.47. The minimum atomic E-state index is 0.184. The highest BCUT2D eigenvalue weighted by atomic mass is 15.3. The number of pyridine rings is 1. The van der Waals surface area contributed by atoms with E-state index in [1.54, 1.807) is 0 Å². The minimum Gasteiger partial charge on any atom is -0.388 e. The summed E-state index contributed by atoms with van der Waals surface area (Å²) in [4.78, 5) is 8.83. The van der Waals surface area contributed by atoms with E-state index < -0.39 is 0 Å². The van der Waals surface area contributed by atoms with Crippen LogP contribution in [0, 0.1) is 0 Å². The van der Waals surface area contributed by atoms with Crippen molar-refractivity contribution in [2.24, 2.45) is 0 Å². The van der Waals surface area contributed by atoms with E-state index in [4.69, 9.17) is 0 Å². The predicted octanol–water partition coefficient (Wildman–Crippen LogP) is 1.67. The quantitative estimate of drug-likeness (QED) is 0.665. The van der Waals surface area contributed by atoms with Gasteiger partial charge in [-0.15, -0.1) is 0 Å². The Labute approximate surface area is 98.8 Å². The summed E-state index contributed by atoms with van der Waals surface area (Å²) in [5, 5.41) is 0. The van der Waals surface area contributed by atoms with Crippen molar-refractivity contribution in [2.75, 3.05) is 24.9 Å². The zero-order valence-corrected chi connectivity index (χ0v) is 10.6. The van der Waals surface area contributed by atoms with Crippen molar-refractivity contribution >= 4 is 13.4 Å². The highest BCUT2D eigenvalue weighted by molar-refractivity contribution is 6.39. The van der Waals surface area contributed by atoms with Crippen molar-refractivity contribution in [1.82, 2.24) is 9.79 Å². The maximum atomic E-state index is 4.44. The van der Waals surface area contributed by atoms with Crippen LogP contribution in [0.5, 0.6) is 0 Å². The van der Waals surface area contributed by atoms with Crippen LogP contribution in [0.1, 0.15) is 26.3 Å². The Kier molecular flexibility index (Phi) is 2.93. The summed E-state index contributed by atoms with van der Waals surface area (Å²) in [5.74, 6) is 1.05. The minimum absolute atomic E-state index is 0.184. The van der Waals surface area contributed by atoms with E-state index in [1.165, 1.54) is 5.56 Å². The van der Waals surface area contributed by atoms with Gasteiger partial charge in [0.25, 0.3) is 0 Å². The molecule has 0 aliphatic carbocycles. The van der Waals surface area contributed by atoms with Crippen LogP contribution in [0.2, 0.25) is 0 Å². The Hall–Kier alpha value is -1.03. The monoisotopic (exact) mass is 216 g/mol. The van der Waals surface area contributed by atoms with Crippen LogP contribution in [-0.4, -0.2) is 37.5 Å². The van der Waals surface area contributed by atoms with Gasteiger partial charge in [0, 0.05) is 19.3 Å². The first kappa shape index (κ1) is 11.5. The first-order valence-electron chi connectivity index (χ1n) is 5.75. The number of rotatable bonds is 1. The predicted molar refractivity (Wildman–Crippen MR) is 68.7 cm³/mol. The number of anilines is 1. The molecule has 1 fully saturated rings. The van der Waals surface area contributed by atoms with Crippen LogP contribution in [0.3, 0.4) is 0 Å². The molecule has 0 bridgehead atoms. The summed E-state index contributed by atoms with van der Waals surface area (Å²) < 4.78 is 0. The fourth-order valence-electron chi connectivity index (χ4n) is 1.83. The van der Waals surface area contributed by atoms with Crippen molar-refractivity contribution in [1.29, 1.82) is 0 Å². The molecular formula is C12H19BN3. The van der Waals surface area contributed by atoms with Crippen molar-refractivity contribution in [3.05, 3.63) is 23.9 Å². The van der Waals surface area contributed by atoms with Crippen molar-refractivity contribution < 1.29 is 0 Å². The van der Waals surface area contributed by atoms with E-state index in [0.29, 0.717) is 0 Å². The van der Waals surface area contributed by atoms with E-state index in [1.807, 2.05) is 6.20 Å². The molecular weight excluding hydrogens is 197 g/mol. The highest BCUT2D eigenvalue weighted by Gasteiger charge is 2.22. The van der Waals surface area contributed by atoms with Crippen LogP contribution >= 0.6 is 0 Å². The molecule has 0 amide bonds. The molecule has 1 aliphatic heterocycles. The molecule has 0 saturated carbocycles. The summed E-state index contributed by atoms with van der Waals surface area (Å²) in [6, 6.07) is 4.29. The summed E-state index contributed by atoms with van der Waals surface area (Å²) >= 11 is 0. The van der Waals surface area contributed by atoms with Gasteiger partial charge in [0.1, 0.15) is 5.82 Å². The molecule has 0 aromatic carbocycles. The molecule has 0 spiro atoms. The topological polar surface area (TPSA) is 19.4 Å². The zero-order chi connectivity index (χ0) is 11.8. The third-order valence-electron chi connectivity index (χ3n) is 2.94. The molecule has 0 N–H and O–H groups in total. The Bertz CT molecular complexity index is 373. The van der Waals surface area contributed by atoms with Gasteiger partial charge in [-0.05, 0) is 30.2 Å². The summed E-state index contributed by atoms with van der Waals surface area (Å²) in [6.45, 7) is 8.78. The number of aromatic nitrogens is 1. The van der Waals surface area contributed by atoms with E-state index in [0.717, 1.165) is 18.9 Å². The van der Waals surface area contributed by atoms with Crippen molar-refractivity contribution in [3.63, 3.8) is 0 Å². The molecule has 1 aliphatic rings. The Morgan fingerprint density at radius 2 is 2.06 bits per heavy atom.